The normalized spacial score (nSPS) is 18.5. The molecule has 0 saturated heterocycles. The molecule has 1 N–H and O–H groups in total. The van der Waals surface area contributed by atoms with Gasteiger partial charge in [-0.15, -0.1) is 0 Å². The van der Waals surface area contributed by atoms with Crippen molar-refractivity contribution in [2.75, 3.05) is 7.05 Å². The summed E-state index contributed by atoms with van der Waals surface area (Å²) in [4.78, 5) is 17.1. The van der Waals surface area contributed by atoms with Gasteiger partial charge in [-0.05, 0) is 43.4 Å². The van der Waals surface area contributed by atoms with Crippen molar-refractivity contribution < 1.29 is 9.18 Å². The average molecular weight is 290 g/mol. The second-order valence-electron chi connectivity index (χ2n) is 5.58. The van der Waals surface area contributed by atoms with E-state index in [1.54, 1.807) is 13.1 Å². The number of benzene rings is 1. The lowest BCUT2D eigenvalue weighted by atomic mass is 9.74. The standard InChI is InChI=1S/C17H23FN2O/c1-4-17(5-2,16(21)19-3)15-10-9-14(20-15)12-7-6-8-13(18)11-12/h6-8,11,15H,4-5,9-10H2,1-3H3,(H,19,21)/t15-/m1/s1. The summed E-state index contributed by atoms with van der Waals surface area (Å²) in [7, 11) is 1.68. The van der Waals surface area contributed by atoms with Crippen LogP contribution in [0.25, 0.3) is 0 Å². The second kappa shape index (κ2) is 6.37. The van der Waals surface area contributed by atoms with Gasteiger partial charge in [-0.25, -0.2) is 4.39 Å². The number of nitrogens with zero attached hydrogens (tertiary/aromatic N) is 1. The van der Waals surface area contributed by atoms with Crippen LogP contribution in [0.5, 0.6) is 0 Å². The van der Waals surface area contributed by atoms with Crippen molar-refractivity contribution in [1.29, 1.82) is 0 Å². The molecule has 1 atom stereocenters. The smallest absolute Gasteiger partial charge is 0.228 e. The van der Waals surface area contributed by atoms with Crippen molar-refractivity contribution in [3.8, 4) is 0 Å². The quantitative estimate of drug-likeness (QED) is 0.888. The second-order valence-corrected chi connectivity index (χ2v) is 5.58. The number of halogens is 1. The minimum Gasteiger partial charge on any atom is -0.359 e. The van der Waals surface area contributed by atoms with Gasteiger partial charge in [0.15, 0.2) is 0 Å². The molecule has 3 nitrogen and oxygen atoms in total. The summed E-state index contributed by atoms with van der Waals surface area (Å²) >= 11 is 0. The highest BCUT2D eigenvalue weighted by Crippen LogP contribution is 2.39. The van der Waals surface area contributed by atoms with Gasteiger partial charge in [-0.2, -0.15) is 0 Å². The van der Waals surface area contributed by atoms with Crippen LogP contribution in [-0.4, -0.2) is 24.7 Å². The van der Waals surface area contributed by atoms with Gasteiger partial charge in [0.1, 0.15) is 5.82 Å². The lowest BCUT2D eigenvalue weighted by Crippen LogP contribution is -2.45. The van der Waals surface area contributed by atoms with Crippen LogP contribution in [0.15, 0.2) is 29.3 Å². The van der Waals surface area contributed by atoms with Gasteiger partial charge in [0.2, 0.25) is 5.91 Å². The van der Waals surface area contributed by atoms with Crippen LogP contribution < -0.4 is 5.32 Å². The van der Waals surface area contributed by atoms with Gasteiger partial charge < -0.3 is 5.32 Å². The Kier molecular flexibility index (Phi) is 4.76. The van der Waals surface area contributed by atoms with Crippen LogP contribution >= 0.6 is 0 Å². The first-order valence-corrected chi connectivity index (χ1v) is 7.62. The first-order chi connectivity index (χ1) is 10.1. The van der Waals surface area contributed by atoms with Crippen molar-refractivity contribution in [2.24, 2.45) is 10.4 Å². The third-order valence-electron chi connectivity index (χ3n) is 4.70. The maximum absolute atomic E-state index is 13.3. The molecule has 0 radical (unpaired) electrons. The van der Waals surface area contributed by atoms with E-state index in [4.69, 9.17) is 4.99 Å². The zero-order chi connectivity index (χ0) is 15.5. The Bertz CT molecular complexity index is 549. The minimum absolute atomic E-state index is 0.0225. The number of hydrogen-bond acceptors (Lipinski definition) is 2. The van der Waals surface area contributed by atoms with Crippen LogP contribution in [0.1, 0.15) is 45.1 Å². The fourth-order valence-electron chi connectivity index (χ4n) is 3.32. The summed E-state index contributed by atoms with van der Waals surface area (Å²) in [5.41, 5.74) is 1.29. The van der Waals surface area contributed by atoms with Crippen LogP contribution in [0.3, 0.4) is 0 Å². The molecular formula is C17H23FN2O. The van der Waals surface area contributed by atoms with E-state index >= 15 is 0 Å². The van der Waals surface area contributed by atoms with Gasteiger partial charge in [-0.3, -0.25) is 9.79 Å². The van der Waals surface area contributed by atoms with Gasteiger partial charge in [0.05, 0.1) is 11.5 Å². The van der Waals surface area contributed by atoms with Gasteiger partial charge in [-0.1, -0.05) is 26.0 Å². The molecule has 0 fully saturated rings. The number of rotatable bonds is 5. The van der Waals surface area contributed by atoms with Gasteiger partial charge in [0, 0.05) is 12.8 Å². The van der Waals surface area contributed by atoms with Gasteiger partial charge in [0.25, 0.3) is 0 Å². The predicted octanol–water partition coefficient (Wildman–Crippen LogP) is 3.33. The molecule has 2 rings (SSSR count). The van der Waals surface area contributed by atoms with E-state index in [2.05, 4.69) is 5.32 Å². The molecular weight excluding hydrogens is 267 g/mol. The average Bonchev–Trinajstić information content (AvgIpc) is 2.99. The lowest BCUT2D eigenvalue weighted by molar-refractivity contribution is -0.132. The van der Waals surface area contributed by atoms with Crippen LogP contribution in [0, 0.1) is 11.2 Å². The van der Waals surface area contributed by atoms with Gasteiger partial charge >= 0.3 is 0 Å². The third-order valence-corrected chi connectivity index (χ3v) is 4.70. The van der Waals surface area contributed by atoms with Crippen LogP contribution in [0.2, 0.25) is 0 Å². The van der Waals surface area contributed by atoms with Crippen molar-refractivity contribution >= 4 is 11.6 Å². The van der Waals surface area contributed by atoms with E-state index in [9.17, 15) is 9.18 Å². The van der Waals surface area contributed by atoms with E-state index < -0.39 is 5.41 Å². The number of hydrogen-bond donors (Lipinski definition) is 1. The maximum Gasteiger partial charge on any atom is 0.228 e. The Labute approximate surface area is 125 Å². The minimum atomic E-state index is -0.455. The number of amides is 1. The Balaban J connectivity index is 2.32. The predicted molar refractivity (Wildman–Crippen MR) is 83.0 cm³/mol. The van der Waals surface area contributed by atoms with Crippen LogP contribution in [-0.2, 0) is 4.79 Å². The highest BCUT2D eigenvalue weighted by molar-refractivity contribution is 6.02. The zero-order valence-corrected chi connectivity index (χ0v) is 12.9. The molecule has 0 aromatic heterocycles. The third kappa shape index (κ3) is 2.85. The lowest BCUT2D eigenvalue weighted by Gasteiger charge is -2.33. The highest BCUT2D eigenvalue weighted by atomic mass is 19.1. The highest BCUT2D eigenvalue weighted by Gasteiger charge is 2.44. The molecule has 0 spiro atoms. The topological polar surface area (TPSA) is 41.5 Å². The van der Waals surface area contributed by atoms with Crippen LogP contribution in [0.4, 0.5) is 4.39 Å². The maximum atomic E-state index is 13.3. The summed E-state index contributed by atoms with van der Waals surface area (Å²) in [6.45, 7) is 4.07. The summed E-state index contributed by atoms with van der Waals surface area (Å²) in [6.07, 6.45) is 3.16. The molecule has 1 aromatic rings. The largest absolute Gasteiger partial charge is 0.359 e. The molecule has 1 aliphatic heterocycles. The van der Waals surface area contributed by atoms with E-state index in [1.165, 1.54) is 12.1 Å². The molecule has 0 bridgehead atoms. The molecule has 1 aliphatic rings. The molecule has 0 aliphatic carbocycles. The molecule has 1 heterocycles. The fourth-order valence-corrected chi connectivity index (χ4v) is 3.32. The number of carbonyl (C=O) groups excluding carboxylic acids is 1. The summed E-state index contributed by atoms with van der Waals surface area (Å²) in [5.74, 6) is -0.191. The Morgan fingerprint density at radius 1 is 1.43 bits per heavy atom. The fraction of sp³-hybridized carbons (Fsp3) is 0.529. The Hall–Kier alpha value is -1.71. The van der Waals surface area contributed by atoms with Crippen molar-refractivity contribution in [3.05, 3.63) is 35.6 Å². The van der Waals surface area contributed by atoms with Crippen molar-refractivity contribution in [3.63, 3.8) is 0 Å². The molecule has 0 saturated carbocycles. The monoisotopic (exact) mass is 290 g/mol. The molecule has 1 aromatic carbocycles. The number of aliphatic imine (C=N–C) groups is 1. The first kappa shape index (κ1) is 15.7. The van der Waals surface area contributed by atoms with E-state index in [1.807, 2.05) is 19.9 Å². The van der Waals surface area contributed by atoms with E-state index in [-0.39, 0.29) is 17.8 Å². The van der Waals surface area contributed by atoms with E-state index in [0.29, 0.717) is 0 Å². The van der Waals surface area contributed by atoms with Crippen molar-refractivity contribution in [2.45, 2.75) is 45.6 Å². The number of nitrogens with one attached hydrogen (secondary N) is 1. The molecule has 114 valence electrons. The van der Waals surface area contributed by atoms with E-state index in [0.717, 1.165) is 37.0 Å². The molecule has 21 heavy (non-hydrogen) atoms. The Morgan fingerprint density at radius 2 is 2.14 bits per heavy atom. The zero-order valence-electron chi connectivity index (χ0n) is 12.9. The molecule has 4 heteroatoms. The number of carbonyl (C=O) groups is 1. The first-order valence-electron chi connectivity index (χ1n) is 7.62. The SMILES string of the molecule is CCC(CC)(C(=O)NC)[C@H]1CCC(c2cccc(F)c2)=N1. The Morgan fingerprint density at radius 3 is 2.71 bits per heavy atom. The molecule has 0 unspecified atom stereocenters. The summed E-state index contributed by atoms with van der Waals surface area (Å²) in [5, 5.41) is 2.78. The van der Waals surface area contributed by atoms with Crippen molar-refractivity contribution in [1.82, 2.24) is 5.32 Å². The summed E-state index contributed by atoms with van der Waals surface area (Å²) < 4.78 is 13.3. The summed E-state index contributed by atoms with van der Waals surface area (Å²) in [6, 6.07) is 6.51. The molecule has 1 amide bonds.